The maximum absolute atomic E-state index is 12.9. The number of benzene rings is 1. The van der Waals surface area contributed by atoms with Gasteiger partial charge in [0.15, 0.2) is 0 Å². The Labute approximate surface area is 150 Å². The van der Waals surface area contributed by atoms with Crippen molar-refractivity contribution in [1.82, 2.24) is 0 Å². The molecule has 132 valence electrons. The topological polar surface area (TPSA) is 18.5 Å². The molecule has 0 spiro atoms. The van der Waals surface area contributed by atoms with Crippen LogP contribution in [0.3, 0.4) is 0 Å². The molecule has 0 amide bonds. The second kappa shape index (κ2) is 6.59. The van der Waals surface area contributed by atoms with E-state index in [-0.39, 0.29) is 16.3 Å². The molecule has 0 N–H and O–H groups in total. The van der Waals surface area contributed by atoms with Gasteiger partial charge in [-0.1, -0.05) is 17.7 Å². The number of alkyl halides is 3. The summed E-state index contributed by atoms with van der Waals surface area (Å²) in [5, 5.41) is 0.221. The molecule has 0 radical (unpaired) electrons. The number of hydrogen-bond acceptors (Lipinski definition) is 3. The molecule has 1 heterocycles. The predicted molar refractivity (Wildman–Crippen MR) is 94.4 cm³/mol. The first-order valence-corrected chi connectivity index (χ1v) is 8.42. The predicted octanol–water partition coefficient (Wildman–Crippen LogP) is 5.30. The van der Waals surface area contributed by atoms with Crippen molar-refractivity contribution in [3.8, 4) is 0 Å². The summed E-state index contributed by atoms with van der Waals surface area (Å²) in [6.07, 6.45) is -2.88. The summed E-state index contributed by atoms with van der Waals surface area (Å²) in [4.78, 5) is 0. The molecule has 2 nitrogen and oxygen atoms in total. The number of thiol groups is 1. The molecule has 1 aromatic carbocycles. The number of rotatable bonds is 3. The summed E-state index contributed by atoms with van der Waals surface area (Å²) in [5.41, 5.74) is -0.983. The minimum atomic E-state index is -4.43. The van der Waals surface area contributed by atoms with Gasteiger partial charge in [-0.15, -0.1) is 0 Å². The van der Waals surface area contributed by atoms with E-state index in [0.29, 0.717) is 5.47 Å². The van der Waals surface area contributed by atoms with Crippen molar-refractivity contribution >= 4 is 37.4 Å². The second-order valence-electron chi connectivity index (χ2n) is 6.70. The van der Waals surface area contributed by atoms with E-state index in [4.69, 9.17) is 20.9 Å². The molecule has 8 heteroatoms. The molecular formula is C16H19BClF3O2S. The van der Waals surface area contributed by atoms with Crippen molar-refractivity contribution in [3.05, 3.63) is 39.8 Å². The standard InChI is InChI=1S/C16H19BClF3O2S/c1-14(2)15(3,4)23-17(22-14)12(9-24)8-10-7-11(16(19,20)21)5-6-13(10)18/h5-8,24H,9H2,1-4H3. The van der Waals surface area contributed by atoms with Crippen LogP contribution in [-0.4, -0.2) is 24.1 Å². The Morgan fingerprint density at radius 3 is 2.21 bits per heavy atom. The van der Waals surface area contributed by atoms with Gasteiger partial charge < -0.3 is 9.31 Å². The van der Waals surface area contributed by atoms with E-state index >= 15 is 0 Å². The van der Waals surface area contributed by atoms with Crippen molar-refractivity contribution in [2.75, 3.05) is 5.75 Å². The summed E-state index contributed by atoms with van der Waals surface area (Å²) in [6.45, 7) is 7.61. The van der Waals surface area contributed by atoms with E-state index in [1.807, 2.05) is 27.7 Å². The fourth-order valence-corrected chi connectivity index (χ4v) is 2.63. The average Bonchev–Trinajstić information content (AvgIpc) is 2.65. The zero-order valence-electron chi connectivity index (χ0n) is 13.9. The third-order valence-corrected chi connectivity index (χ3v) is 5.11. The minimum absolute atomic E-state index is 0.221. The maximum atomic E-state index is 12.9. The SMILES string of the molecule is CC1(C)OB(C(=Cc2cc(C(F)(F)F)ccc2Cl)CS)OC1(C)C. The average molecular weight is 379 g/mol. The first kappa shape index (κ1) is 19.7. The molecule has 1 saturated heterocycles. The van der Waals surface area contributed by atoms with Crippen molar-refractivity contribution in [2.24, 2.45) is 0 Å². The van der Waals surface area contributed by atoms with Crippen molar-refractivity contribution in [1.29, 1.82) is 0 Å². The van der Waals surface area contributed by atoms with Crippen molar-refractivity contribution in [2.45, 2.75) is 45.1 Å². The Balaban J connectivity index is 2.39. The van der Waals surface area contributed by atoms with Crippen LogP contribution in [0.1, 0.15) is 38.8 Å². The minimum Gasteiger partial charge on any atom is -0.400 e. The highest BCUT2D eigenvalue weighted by Gasteiger charge is 2.52. The molecule has 0 saturated carbocycles. The zero-order chi connectivity index (χ0) is 18.3. The van der Waals surface area contributed by atoms with Crippen LogP contribution in [-0.2, 0) is 15.5 Å². The maximum Gasteiger partial charge on any atom is 0.491 e. The summed E-state index contributed by atoms with van der Waals surface area (Å²) in [7, 11) is -0.682. The van der Waals surface area contributed by atoms with Gasteiger partial charge in [-0.05, 0) is 56.9 Å². The normalized spacial score (nSPS) is 20.5. The number of halogens is 4. The summed E-state index contributed by atoms with van der Waals surface area (Å²) in [5.74, 6) is 0.267. The fourth-order valence-electron chi connectivity index (χ4n) is 2.21. The molecule has 0 atom stereocenters. The Morgan fingerprint density at radius 1 is 1.21 bits per heavy atom. The lowest BCUT2D eigenvalue weighted by Crippen LogP contribution is -2.41. The van der Waals surface area contributed by atoms with Gasteiger partial charge >= 0.3 is 13.3 Å². The molecule has 24 heavy (non-hydrogen) atoms. The fraction of sp³-hybridized carbons (Fsp3) is 0.500. The molecule has 0 unspecified atom stereocenters. The van der Waals surface area contributed by atoms with Gasteiger partial charge in [0, 0.05) is 10.8 Å². The summed E-state index contributed by atoms with van der Waals surface area (Å²) >= 11 is 10.3. The second-order valence-corrected chi connectivity index (χ2v) is 7.42. The molecule has 0 aromatic heterocycles. The molecular weight excluding hydrogens is 360 g/mol. The van der Waals surface area contributed by atoms with E-state index in [0.717, 1.165) is 12.1 Å². The number of hydrogen-bond donors (Lipinski definition) is 1. The van der Waals surface area contributed by atoms with Crippen LogP contribution in [0, 0.1) is 0 Å². The lowest BCUT2D eigenvalue weighted by Gasteiger charge is -2.32. The quantitative estimate of drug-likeness (QED) is 0.568. The summed E-state index contributed by atoms with van der Waals surface area (Å²) in [6, 6.07) is 3.20. The van der Waals surface area contributed by atoms with Crippen LogP contribution in [0.2, 0.25) is 5.02 Å². The van der Waals surface area contributed by atoms with Gasteiger partial charge in [0.2, 0.25) is 0 Å². The third kappa shape index (κ3) is 3.95. The van der Waals surface area contributed by atoms with Crippen LogP contribution in [0.25, 0.3) is 6.08 Å². The van der Waals surface area contributed by atoms with Crippen molar-refractivity contribution in [3.63, 3.8) is 0 Å². The Hall–Kier alpha value is -0.625. The first-order chi connectivity index (χ1) is 10.9. The largest absolute Gasteiger partial charge is 0.491 e. The lowest BCUT2D eigenvalue weighted by molar-refractivity contribution is -0.137. The smallest absolute Gasteiger partial charge is 0.400 e. The van der Waals surface area contributed by atoms with Crippen LogP contribution in [0.15, 0.2) is 23.7 Å². The highest BCUT2D eigenvalue weighted by molar-refractivity contribution is 7.80. The van der Waals surface area contributed by atoms with Crippen LogP contribution >= 0.6 is 24.2 Å². The Bertz CT molecular complexity index is 643. The van der Waals surface area contributed by atoms with E-state index in [2.05, 4.69) is 12.6 Å². The molecule has 1 fully saturated rings. The highest BCUT2D eigenvalue weighted by atomic mass is 35.5. The van der Waals surface area contributed by atoms with Gasteiger partial charge in [0.25, 0.3) is 0 Å². The van der Waals surface area contributed by atoms with Gasteiger partial charge in [-0.2, -0.15) is 25.8 Å². The monoisotopic (exact) mass is 378 g/mol. The van der Waals surface area contributed by atoms with E-state index in [9.17, 15) is 13.2 Å². The molecule has 1 aliphatic rings. The Kier molecular flexibility index (Phi) is 5.41. The van der Waals surface area contributed by atoms with Gasteiger partial charge in [-0.25, -0.2) is 0 Å². The van der Waals surface area contributed by atoms with Crippen LogP contribution in [0.4, 0.5) is 13.2 Å². The molecule has 1 aromatic rings. The van der Waals surface area contributed by atoms with Crippen molar-refractivity contribution < 1.29 is 22.5 Å². The van der Waals surface area contributed by atoms with E-state index in [1.165, 1.54) is 6.07 Å². The van der Waals surface area contributed by atoms with Crippen LogP contribution in [0.5, 0.6) is 0 Å². The lowest BCUT2D eigenvalue weighted by atomic mass is 9.78. The van der Waals surface area contributed by atoms with E-state index < -0.39 is 30.1 Å². The van der Waals surface area contributed by atoms with Gasteiger partial charge in [0.1, 0.15) is 0 Å². The molecule has 0 aliphatic carbocycles. The third-order valence-electron chi connectivity index (χ3n) is 4.40. The molecule has 2 rings (SSSR count). The Morgan fingerprint density at radius 2 is 1.75 bits per heavy atom. The van der Waals surface area contributed by atoms with Gasteiger partial charge in [-0.3, -0.25) is 0 Å². The molecule has 0 bridgehead atoms. The summed E-state index contributed by atoms with van der Waals surface area (Å²) < 4.78 is 50.5. The van der Waals surface area contributed by atoms with Gasteiger partial charge in [0.05, 0.1) is 16.8 Å². The highest BCUT2D eigenvalue weighted by Crippen LogP contribution is 2.39. The first-order valence-electron chi connectivity index (χ1n) is 7.41. The zero-order valence-corrected chi connectivity index (χ0v) is 15.5. The molecule has 1 aliphatic heterocycles. The van der Waals surface area contributed by atoms with E-state index in [1.54, 1.807) is 6.08 Å². The van der Waals surface area contributed by atoms with Crippen LogP contribution < -0.4 is 0 Å².